The van der Waals surface area contributed by atoms with E-state index in [4.69, 9.17) is 0 Å². The number of para-hydroxylation sites is 1. The summed E-state index contributed by atoms with van der Waals surface area (Å²) in [5.41, 5.74) is 2.25. The minimum atomic E-state index is -0.704. The Morgan fingerprint density at radius 1 is 1.32 bits per heavy atom. The van der Waals surface area contributed by atoms with Gasteiger partial charge in [-0.15, -0.1) is 0 Å². The molecule has 3 unspecified atom stereocenters. The molecule has 0 saturated heterocycles. The molecule has 1 saturated carbocycles. The van der Waals surface area contributed by atoms with Crippen molar-refractivity contribution in [1.82, 2.24) is 20.4 Å². The van der Waals surface area contributed by atoms with Crippen LogP contribution >= 0.6 is 0 Å². The van der Waals surface area contributed by atoms with Gasteiger partial charge in [-0.25, -0.2) is 4.68 Å². The molecule has 1 aromatic carbocycles. The molecule has 28 heavy (non-hydrogen) atoms. The Balaban J connectivity index is 1.46. The van der Waals surface area contributed by atoms with Gasteiger partial charge in [0.05, 0.1) is 11.9 Å². The number of benzene rings is 1. The van der Waals surface area contributed by atoms with Crippen molar-refractivity contribution >= 4 is 16.8 Å². The summed E-state index contributed by atoms with van der Waals surface area (Å²) in [6, 6.07) is 10.5. The number of rotatable bonds is 7. The van der Waals surface area contributed by atoms with Crippen LogP contribution in [0.5, 0.6) is 0 Å². The molecule has 1 aromatic heterocycles. The first-order valence-electron chi connectivity index (χ1n) is 10.1. The van der Waals surface area contributed by atoms with E-state index in [0.717, 1.165) is 56.0 Å². The molecular formula is C21H31N5OS. The number of guanidine groups is 1. The molecule has 1 heterocycles. The third kappa shape index (κ3) is 5.67. The maximum absolute atomic E-state index is 12.1. The van der Waals surface area contributed by atoms with Crippen LogP contribution in [0.15, 0.2) is 47.7 Å². The van der Waals surface area contributed by atoms with E-state index < -0.39 is 10.8 Å². The molecule has 152 valence electrons. The van der Waals surface area contributed by atoms with Gasteiger partial charge in [0.2, 0.25) is 0 Å². The van der Waals surface area contributed by atoms with Crippen molar-refractivity contribution in [2.75, 3.05) is 19.3 Å². The van der Waals surface area contributed by atoms with Crippen LogP contribution in [0.25, 0.3) is 5.69 Å². The van der Waals surface area contributed by atoms with E-state index in [1.165, 1.54) is 5.56 Å². The normalized spacial score (nSPS) is 21.3. The summed E-state index contributed by atoms with van der Waals surface area (Å²) in [6.45, 7) is 2.80. The van der Waals surface area contributed by atoms with Gasteiger partial charge in [-0.1, -0.05) is 31.5 Å². The van der Waals surface area contributed by atoms with Crippen LogP contribution in [0.1, 0.15) is 38.2 Å². The highest BCUT2D eigenvalue weighted by Crippen LogP contribution is 2.22. The quantitative estimate of drug-likeness (QED) is 0.553. The Morgan fingerprint density at radius 3 is 2.89 bits per heavy atom. The van der Waals surface area contributed by atoms with Gasteiger partial charge in [-0.3, -0.25) is 9.20 Å². The summed E-state index contributed by atoms with van der Waals surface area (Å²) in [4.78, 5) is 4.35. The summed E-state index contributed by atoms with van der Waals surface area (Å²) < 4.78 is 14.0. The molecular weight excluding hydrogens is 370 g/mol. The van der Waals surface area contributed by atoms with E-state index in [1.807, 2.05) is 48.1 Å². The van der Waals surface area contributed by atoms with Crippen LogP contribution in [0, 0.1) is 0 Å². The first-order valence-corrected chi connectivity index (χ1v) is 11.5. The maximum atomic E-state index is 12.1. The van der Waals surface area contributed by atoms with Crippen LogP contribution in [0.4, 0.5) is 0 Å². The highest BCUT2D eigenvalue weighted by molar-refractivity contribution is 7.85. The number of nitrogens with one attached hydrogen (secondary N) is 2. The van der Waals surface area contributed by atoms with Crippen molar-refractivity contribution < 1.29 is 4.21 Å². The summed E-state index contributed by atoms with van der Waals surface area (Å²) in [7, 11) is 1.09. The molecule has 3 rings (SSSR count). The SMILES string of the molecule is CCS(=O)C1CCCC(NC(=NC)NCCc2cnn(-c3ccccc3)c2)C1. The second-order valence-electron chi connectivity index (χ2n) is 7.18. The minimum Gasteiger partial charge on any atom is -0.356 e. The number of aliphatic imine (C=N–C) groups is 1. The molecule has 2 N–H and O–H groups in total. The van der Waals surface area contributed by atoms with Gasteiger partial charge in [0.1, 0.15) is 0 Å². The lowest BCUT2D eigenvalue weighted by molar-refractivity contribution is 0.413. The van der Waals surface area contributed by atoms with Crippen molar-refractivity contribution in [2.45, 2.75) is 50.3 Å². The minimum absolute atomic E-state index is 0.318. The van der Waals surface area contributed by atoms with E-state index in [0.29, 0.717) is 11.3 Å². The van der Waals surface area contributed by atoms with E-state index in [-0.39, 0.29) is 0 Å². The van der Waals surface area contributed by atoms with Crippen LogP contribution < -0.4 is 10.6 Å². The van der Waals surface area contributed by atoms with Crippen molar-refractivity contribution in [2.24, 2.45) is 4.99 Å². The molecule has 0 bridgehead atoms. The van der Waals surface area contributed by atoms with Crippen LogP contribution in [-0.2, 0) is 17.2 Å². The molecule has 0 spiro atoms. The van der Waals surface area contributed by atoms with E-state index >= 15 is 0 Å². The van der Waals surface area contributed by atoms with Gasteiger partial charge >= 0.3 is 0 Å². The highest BCUT2D eigenvalue weighted by atomic mass is 32.2. The fourth-order valence-electron chi connectivity index (χ4n) is 3.67. The first kappa shape index (κ1) is 20.6. The lowest BCUT2D eigenvalue weighted by atomic mass is 9.95. The third-order valence-corrected chi connectivity index (χ3v) is 6.95. The molecule has 2 aromatic rings. The van der Waals surface area contributed by atoms with E-state index in [9.17, 15) is 4.21 Å². The smallest absolute Gasteiger partial charge is 0.191 e. The summed E-state index contributed by atoms with van der Waals surface area (Å²) in [5, 5.41) is 11.7. The Hall–Kier alpha value is -2.15. The lowest BCUT2D eigenvalue weighted by Gasteiger charge is -2.30. The maximum Gasteiger partial charge on any atom is 0.191 e. The predicted molar refractivity (Wildman–Crippen MR) is 116 cm³/mol. The Kier molecular flexibility index (Phi) is 7.65. The topological polar surface area (TPSA) is 71.3 Å². The Bertz CT molecular complexity index is 789. The van der Waals surface area contributed by atoms with Gasteiger partial charge in [0, 0.05) is 47.6 Å². The molecule has 1 aliphatic rings. The zero-order chi connectivity index (χ0) is 19.8. The zero-order valence-corrected chi connectivity index (χ0v) is 17.6. The van der Waals surface area contributed by atoms with Crippen molar-refractivity contribution in [1.29, 1.82) is 0 Å². The summed E-state index contributed by atoms with van der Waals surface area (Å²) in [5.74, 6) is 1.57. The van der Waals surface area contributed by atoms with Crippen LogP contribution in [-0.4, -0.2) is 50.6 Å². The van der Waals surface area contributed by atoms with Crippen LogP contribution in [0.3, 0.4) is 0 Å². The van der Waals surface area contributed by atoms with Crippen molar-refractivity contribution in [3.63, 3.8) is 0 Å². The van der Waals surface area contributed by atoms with Gasteiger partial charge in [0.25, 0.3) is 0 Å². The highest BCUT2D eigenvalue weighted by Gasteiger charge is 2.25. The average molecular weight is 402 g/mol. The fourth-order valence-corrected chi connectivity index (χ4v) is 5.02. The molecule has 0 aliphatic heterocycles. The van der Waals surface area contributed by atoms with Crippen LogP contribution in [0.2, 0.25) is 0 Å². The third-order valence-electron chi connectivity index (χ3n) is 5.21. The van der Waals surface area contributed by atoms with Gasteiger partial charge in [-0.2, -0.15) is 5.10 Å². The number of hydrogen-bond donors (Lipinski definition) is 2. The molecule has 1 fully saturated rings. The fraction of sp³-hybridized carbons (Fsp3) is 0.524. The number of hydrogen-bond acceptors (Lipinski definition) is 3. The molecule has 0 radical (unpaired) electrons. The second kappa shape index (κ2) is 10.4. The second-order valence-corrected chi connectivity index (χ2v) is 9.18. The predicted octanol–water partition coefficient (Wildman–Crippen LogP) is 2.66. The number of nitrogens with zero attached hydrogens (tertiary/aromatic N) is 3. The van der Waals surface area contributed by atoms with Crippen molar-refractivity contribution in [3.8, 4) is 5.69 Å². The largest absolute Gasteiger partial charge is 0.356 e. The van der Waals surface area contributed by atoms with E-state index in [1.54, 1.807) is 7.05 Å². The lowest BCUT2D eigenvalue weighted by Crippen LogP contribution is -2.47. The van der Waals surface area contributed by atoms with Crippen molar-refractivity contribution in [3.05, 3.63) is 48.3 Å². The average Bonchev–Trinajstić information content (AvgIpc) is 3.22. The van der Waals surface area contributed by atoms with E-state index in [2.05, 4.69) is 26.9 Å². The standard InChI is InChI=1S/C21H31N5OS/c1-3-28(27)20-11-7-8-18(14-20)25-21(22-2)23-13-12-17-15-24-26(16-17)19-9-5-4-6-10-19/h4-6,9-10,15-16,18,20H,3,7-8,11-14H2,1-2H3,(H2,22,23,25). The van der Waals surface area contributed by atoms with Gasteiger partial charge < -0.3 is 10.6 Å². The summed E-state index contributed by atoms with van der Waals surface area (Å²) >= 11 is 0. The zero-order valence-electron chi connectivity index (χ0n) is 16.8. The van der Waals surface area contributed by atoms with Gasteiger partial charge in [0.15, 0.2) is 5.96 Å². The molecule has 7 heteroatoms. The molecule has 1 aliphatic carbocycles. The Morgan fingerprint density at radius 2 is 2.14 bits per heavy atom. The molecule has 6 nitrogen and oxygen atoms in total. The molecule has 0 amide bonds. The Labute approximate surface area is 170 Å². The first-order chi connectivity index (χ1) is 13.7. The monoisotopic (exact) mass is 401 g/mol. The summed E-state index contributed by atoms with van der Waals surface area (Å²) in [6.07, 6.45) is 9.14. The van der Waals surface area contributed by atoms with Gasteiger partial charge in [-0.05, 0) is 43.4 Å². The molecule has 3 atom stereocenters. The number of aromatic nitrogens is 2.